The zero-order chi connectivity index (χ0) is 12.7. The lowest BCUT2D eigenvalue weighted by atomic mass is 10.1. The Kier molecular flexibility index (Phi) is 5.07. The molecule has 92 valence electrons. The fourth-order valence-electron chi connectivity index (χ4n) is 1.37. The topological polar surface area (TPSA) is 61.6 Å². The summed E-state index contributed by atoms with van der Waals surface area (Å²) in [5.74, 6) is 0.947. The second kappa shape index (κ2) is 6.58. The summed E-state index contributed by atoms with van der Waals surface area (Å²) < 4.78 is 10.8. The molecule has 0 saturated heterocycles. The van der Waals surface area contributed by atoms with Crippen molar-refractivity contribution in [1.82, 2.24) is 0 Å². The summed E-state index contributed by atoms with van der Waals surface area (Å²) in [6, 6.07) is 5.46. The van der Waals surface area contributed by atoms with Crippen LogP contribution in [-0.2, 0) is 4.79 Å². The van der Waals surface area contributed by atoms with Crippen molar-refractivity contribution in [2.24, 2.45) is 5.73 Å². The van der Waals surface area contributed by atoms with E-state index in [1.807, 2.05) is 32.0 Å². The highest BCUT2D eigenvalue weighted by Crippen LogP contribution is 2.25. The molecule has 1 aromatic rings. The molecule has 0 saturated carbocycles. The van der Waals surface area contributed by atoms with Crippen LogP contribution in [0.3, 0.4) is 0 Å². The van der Waals surface area contributed by atoms with Gasteiger partial charge in [0.05, 0.1) is 13.2 Å². The highest BCUT2D eigenvalue weighted by atomic mass is 16.5. The van der Waals surface area contributed by atoms with Gasteiger partial charge < -0.3 is 15.2 Å². The summed E-state index contributed by atoms with van der Waals surface area (Å²) in [5.41, 5.74) is 5.84. The molecular weight excluding hydrogens is 218 g/mol. The molecule has 0 bridgehead atoms. The van der Waals surface area contributed by atoms with Crippen molar-refractivity contribution in [2.45, 2.75) is 13.8 Å². The van der Waals surface area contributed by atoms with Crippen LogP contribution in [0.5, 0.6) is 11.5 Å². The largest absolute Gasteiger partial charge is 0.494 e. The van der Waals surface area contributed by atoms with E-state index in [-0.39, 0.29) is 0 Å². The molecule has 1 amide bonds. The lowest BCUT2D eigenvalue weighted by molar-refractivity contribution is -0.113. The number of amides is 1. The number of primary amides is 1. The molecule has 0 spiro atoms. The molecule has 0 aliphatic rings. The van der Waals surface area contributed by atoms with E-state index in [9.17, 15) is 4.79 Å². The molecule has 1 rings (SSSR count). The molecule has 1 aromatic carbocycles. The molecule has 4 nitrogen and oxygen atoms in total. The summed E-state index contributed by atoms with van der Waals surface area (Å²) >= 11 is 0. The van der Waals surface area contributed by atoms with Gasteiger partial charge in [0.15, 0.2) is 0 Å². The van der Waals surface area contributed by atoms with E-state index >= 15 is 0 Å². The van der Waals surface area contributed by atoms with Crippen LogP contribution in [-0.4, -0.2) is 19.1 Å². The minimum absolute atomic E-state index is 0.491. The van der Waals surface area contributed by atoms with Crippen LogP contribution in [0.2, 0.25) is 0 Å². The highest BCUT2D eigenvalue weighted by Gasteiger charge is 2.03. The van der Waals surface area contributed by atoms with Crippen molar-refractivity contribution in [2.75, 3.05) is 13.2 Å². The van der Waals surface area contributed by atoms with Gasteiger partial charge in [-0.3, -0.25) is 4.79 Å². The quantitative estimate of drug-likeness (QED) is 0.767. The SMILES string of the molecule is CCOc1ccc(OCC)c(/C=C/C(N)=O)c1. The number of rotatable bonds is 6. The Balaban J connectivity index is 3.01. The second-order valence-corrected chi connectivity index (χ2v) is 3.30. The van der Waals surface area contributed by atoms with Crippen LogP contribution < -0.4 is 15.2 Å². The lowest BCUT2D eigenvalue weighted by Gasteiger charge is -2.09. The third kappa shape index (κ3) is 4.18. The fraction of sp³-hybridized carbons (Fsp3) is 0.308. The Morgan fingerprint density at radius 1 is 1.29 bits per heavy atom. The first-order chi connectivity index (χ1) is 8.17. The van der Waals surface area contributed by atoms with Gasteiger partial charge in [0.1, 0.15) is 11.5 Å². The van der Waals surface area contributed by atoms with Crippen molar-refractivity contribution >= 4 is 12.0 Å². The molecule has 0 radical (unpaired) electrons. The smallest absolute Gasteiger partial charge is 0.241 e. The number of carbonyl (C=O) groups excluding carboxylic acids is 1. The van der Waals surface area contributed by atoms with E-state index in [0.29, 0.717) is 19.0 Å². The number of ether oxygens (including phenoxy) is 2. The van der Waals surface area contributed by atoms with Crippen molar-refractivity contribution < 1.29 is 14.3 Å². The number of carbonyl (C=O) groups is 1. The maximum Gasteiger partial charge on any atom is 0.241 e. The maximum absolute atomic E-state index is 10.7. The monoisotopic (exact) mass is 235 g/mol. The van der Waals surface area contributed by atoms with E-state index in [1.165, 1.54) is 6.08 Å². The Morgan fingerprint density at radius 3 is 2.59 bits per heavy atom. The average molecular weight is 235 g/mol. The molecule has 2 N–H and O–H groups in total. The van der Waals surface area contributed by atoms with Gasteiger partial charge in [0, 0.05) is 11.6 Å². The first-order valence-corrected chi connectivity index (χ1v) is 5.54. The van der Waals surface area contributed by atoms with Crippen LogP contribution >= 0.6 is 0 Å². The molecule has 0 atom stereocenters. The predicted octanol–water partition coefficient (Wildman–Crippen LogP) is 1.98. The van der Waals surface area contributed by atoms with Gasteiger partial charge >= 0.3 is 0 Å². The van der Waals surface area contributed by atoms with Crippen molar-refractivity contribution in [3.63, 3.8) is 0 Å². The molecule has 0 aliphatic heterocycles. The summed E-state index contributed by atoms with van der Waals surface area (Å²) in [5, 5.41) is 0. The lowest BCUT2D eigenvalue weighted by Crippen LogP contribution is -2.05. The molecule has 0 aliphatic carbocycles. The molecule has 0 unspecified atom stereocenters. The van der Waals surface area contributed by atoms with Gasteiger partial charge in [0.2, 0.25) is 5.91 Å². The first-order valence-electron chi connectivity index (χ1n) is 5.54. The minimum atomic E-state index is -0.491. The van der Waals surface area contributed by atoms with Gasteiger partial charge in [-0.2, -0.15) is 0 Å². The molecule has 17 heavy (non-hydrogen) atoms. The van der Waals surface area contributed by atoms with E-state index in [4.69, 9.17) is 15.2 Å². The van der Waals surface area contributed by atoms with Crippen molar-refractivity contribution in [1.29, 1.82) is 0 Å². The summed E-state index contributed by atoms with van der Waals surface area (Å²) in [6.07, 6.45) is 2.92. The first kappa shape index (κ1) is 13.1. The standard InChI is InChI=1S/C13H17NO3/c1-3-16-11-6-7-12(17-4-2)10(9-11)5-8-13(14)15/h5-9H,3-4H2,1-2H3,(H2,14,15)/b8-5+. The third-order valence-electron chi connectivity index (χ3n) is 2.02. The Labute approximate surface area is 101 Å². The van der Waals surface area contributed by atoms with E-state index in [1.54, 1.807) is 6.08 Å². The summed E-state index contributed by atoms with van der Waals surface area (Å²) in [7, 11) is 0. The van der Waals surface area contributed by atoms with Gasteiger partial charge in [0.25, 0.3) is 0 Å². The summed E-state index contributed by atoms with van der Waals surface area (Å²) in [4.78, 5) is 10.7. The van der Waals surface area contributed by atoms with Gasteiger partial charge in [-0.05, 0) is 38.1 Å². The average Bonchev–Trinajstić information content (AvgIpc) is 2.29. The van der Waals surface area contributed by atoms with E-state index in [2.05, 4.69) is 0 Å². The number of hydrogen-bond donors (Lipinski definition) is 1. The highest BCUT2D eigenvalue weighted by molar-refractivity contribution is 5.90. The van der Waals surface area contributed by atoms with Crippen LogP contribution in [0.1, 0.15) is 19.4 Å². The Hall–Kier alpha value is -1.97. The Bertz CT molecular complexity index is 413. The fourth-order valence-corrected chi connectivity index (χ4v) is 1.37. The minimum Gasteiger partial charge on any atom is -0.494 e. The van der Waals surface area contributed by atoms with E-state index < -0.39 is 5.91 Å². The van der Waals surface area contributed by atoms with Crippen LogP contribution in [0, 0.1) is 0 Å². The van der Waals surface area contributed by atoms with Crippen molar-refractivity contribution in [3.05, 3.63) is 29.8 Å². The van der Waals surface area contributed by atoms with Gasteiger partial charge in [-0.1, -0.05) is 0 Å². The third-order valence-corrected chi connectivity index (χ3v) is 2.02. The van der Waals surface area contributed by atoms with Gasteiger partial charge in [-0.15, -0.1) is 0 Å². The molecule has 0 heterocycles. The second-order valence-electron chi connectivity index (χ2n) is 3.30. The molecular formula is C13H17NO3. The predicted molar refractivity (Wildman–Crippen MR) is 67.0 cm³/mol. The van der Waals surface area contributed by atoms with Crippen LogP contribution in [0.15, 0.2) is 24.3 Å². The van der Waals surface area contributed by atoms with Crippen molar-refractivity contribution in [3.8, 4) is 11.5 Å². The normalized spacial score (nSPS) is 10.5. The van der Waals surface area contributed by atoms with Crippen LogP contribution in [0.25, 0.3) is 6.08 Å². The zero-order valence-electron chi connectivity index (χ0n) is 10.1. The molecule has 0 fully saturated rings. The molecule has 4 heteroatoms. The molecule has 0 aromatic heterocycles. The van der Waals surface area contributed by atoms with E-state index in [0.717, 1.165) is 11.3 Å². The summed E-state index contributed by atoms with van der Waals surface area (Å²) in [6.45, 7) is 4.96. The zero-order valence-corrected chi connectivity index (χ0v) is 10.1. The Morgan fingerprint density at radius 2 is 2.00 bits per heavy atom. The maximum atomic E-state index is 10.7. The number of hydrogen-bond acceptors (Lipinski definition) is 3. The number of nitrogens with two attached hydrogens (primary N) is 1. The van der Waals surface area contributed by atoms with Crippen LogP contribution in [0.4, 0.5) is 0 Å². The number of benzene rings is 1. The van der Waals surface area contributed by atoms with Gasteiger partial charge in [-0.25, -0.2) is 0 Å².